The second-order valence-electron chi connectivity index (χ2n) is 14.3. The van der Waals surface area contributed by atoms with E-state index in [0.717, 1.165) is 44.9 Å². The molecule has 0 heterocycles. The van der Waals surface area contributed by atoms with E-state index in [9.17, 15) is 15.0 Å². The summed E-state index contributed by atoms with van der Waals surface area (Å²) in [7, 11) is 0. The van der Waals surface area contributed by atoms with Crippen molar-refractivity contribution in [2.75, 3.05) is 0 Å². The molecule has 8 atom stereocenters. The maximum atomic E-state index is 11.8. The number of ether oxygens (including phenoxy) is 1. The molecular formula is C32H52O4. The normalized spacial score (nSPS) is 41.0. The Bertz CT molecular complexity index is 913. The molecule has 4 heteroatoms. The summed E-state index contributed by atoms with van der Waals surface area (Å²) in [6.45, 7) is 17.6. The minimum absolute atomic E-state index is 0.00837. The van der Waals surface area contributed by atoms with Crippen LogP contribution in [-0.2, 0) is 9.53 Å². The topological polar surface area (TPSA) is 66.8 Å². The maximum absolute atomic E-state index is 11.8. The second kappa shape index (κ2) is 9.88. The number of aliphatic hydroxyl groups is 2. The molecule has 0 aliphatic heterocycles. The van der Waals surface area contributed by atoms with Crippen molar-refractivity contribution >= 4 is 5.97 Å². The number of fused-ring (bicyclic) bond motifs is 4. The van der Waals surface area contributed by atoms with Gasteiger partial charge in [0.05, 0.1) is 18.5 Å². The largest absolute Gasteiger partial charge is 0.435 e. The van der Waals surface area contributed by atoms with E-state index in [2.05, 4.69) is 48.5 Å². The van der Waals surface area contributed by atoms with Gasteiger partial charge in [-0.05, 0) is 115 Å². The zero-order valence-electron chi connectivity index (χ0n) is 24.2. The zero-order chi connectivity index (χ0) is 26.6. The lowest BCUT2D eigenvalue weighted by Gasteiger charge is -2.60. The van der Waals surface area contributed by atoms with Gasteiger partial charge in [-0.1, -0.05) is 54.0 Å². The SMILES string of the molecule is CC(=O)OC=C(CC[C@@H](C)[C@H]1CC[C@H]2C3=C([C@@H](O)C[C@]12C)[C@@]1(C)CC[C@H](O)C(C)(C)C1CC3)C(C)C. The Morgan fingerprint density at radius 3 is 2.42 bits per heavy atom. The van der Waals surface area contributed by atoms with Crippen molar-refractivity contribution < 1.29 is 19.7 Å². The van der Waals surface area contributed by atoms with E-state index >= 15 is 0 Å². The van der Waals surface area contributed by atoms with Gasteiger partial charge in [0.25, 0.3) is 0 Å². The first kappa shape index (κ1) is 27.9. The molecule has 0 aromatic rings. The molecule has 0 bridgehead atoms. The Kier molecular flexibility index (Phi) is 7.65. The first-order valence-corrected chi connectivity index (χ1v) is 14.7. The summed E-state index contributed by atoms with van der Waals surface area (Å²) in [5.74, 6) is 2.28. The van der Waals surface area contributed by atoms with Crippen LogP contribution < -0.4 is 0 Å². The summed E-state index contributed by atoms with van der Waals surface area (Å²) in [4.78, 5) is 11.3. The summed E-state index contributed by atoms with van der Waals surface area (Å²) in [6.07, 6.45) is 10.5. The van der Waals surface area contributed by atoms with Gasteiger partial charge in [-0.3, -0.25) is 4.79 Å². The van der Waals surface area contributed by atoms with E-state index in [1.165, 1.54) is 30.9 Å². The molecule has 0 aromatic carbocycles. The molecule has 4 nitrogen and oxygen atoms in total. The van der Waals surface area contributed by atoms with E-state index in [0.29, 0.717) is 29.6 Å². The number of esters is 1. The van der Waals surface area contributed by atoms with Gasteiger partial charge in [-0.15, -0.1) is 0 Å². The predicted molar refractivity (Wildman–Crippen MR) is 145 cm³/mol. The molecule has 4 aliphatic carbocycles. The van der Waals surface area contributed by atoms with E-state index in [1.807, 2.05) is 0 Å². The number of hydrogen-bond acceptors (Lipinski definition) is 4. The van der Waals surface area contributed by atoms with Crippen LogP contribution in [0.3, 0.4) is 0 Å². The minimum atomic E-state index is -0.358. The zero-order valence-corrected chi connectivity index (χ0v) is 24.2. The Morgan fingerprint density at radius 1 is 1.08 bits per heavy atom. The van der Waals surface area contributed by atoms with Crippen molar-refractivity contribution in [3.05, 3.63) is 23.0 Å². The quantitative estimate of drug-likeness (QED) is 0.230. The van der Waals surface area contributed by atoms with Crippen molar-refractivity contribution in [3.8, 4) is 0 Å². The Balaban J connectivity index is 1.56. The highest BCUT2D eigenvalue weighted by atomic mass is 16.5. The lowest BCUT2D eigenvalue weighted by Crippen LogP contribution is -2.56. The van der Waals surface area contributed by atoms with Crippen molar-refractivity contribution in [2.24, 2.45) is 45.8 Å². The second-order valence-corrected chi connectivity index (χ2v) is 14.3. The molecule has 4 aliphatic rings. The van der Waals surface area contributed by atoms with Gasteiger partial charge < -0.3 is 14.9 Å². The number of rotatable bonds is 6. The first-order valence-electron chi connectivity index (χ1n) is 14.7. The van der Waals surface area contributed by atoms with Gasteiger partial charge in [0.2, 0.25) is 0 Å². The average molecular weight is 501 g/mol. The summed E-state index contributed by atoms with van der Waals surface area (Å²) in [5, 5.41) is 22.6. The van der Waals surface area contributed by atoms with Crippen LogP contribution in [0.2, 0.25) is 0 Å². The van der Waals surface area contributed by atoms with Gasteiger partial charge in [-0.2, -0.15) is 0 Å². The molecule has 0 aromatic heterocycles. The van der Waals surface area contributed by atoms with E-state index in [-0.39, 0.29) is 34.4 Å². The van der Waals surface area contributed by atoms with Crippen LogP contribution in [0.1, 0.15) is 113 Å². The Morgan fingerprint density at radius 2 is 1.78 bits per heavy atom. The van der Waals surface area contributed by atoms with Crippen LogP contribution in [0, 0.1) is 45.8 Å². The van der Waals surface area contributed by atoms with E-state index in [4.69, 9.17) is 4.74 Å². The molecule has 0 radical (unpaired) electrons. The fourth-order valence-corrected chi connectivity index (χ4v) is 9.63. The Labute approximate surface area is 220 Å². The van der Waals surface area contributed by atoms with E-state index < -0.39 is 0 Å². The van der Waals surface area contributed by atoms with Crippen molar-refractivity contribution in [1.82, 2.24) is 0 Å². The van der Waals surface area contributed by atoms with Crippen molar-refractivity contribution in [2.45, 2.75) is 125 Å². The number of aliphatic hydroxyl groups excluding tert-OH is 2. The smallest absolute Gasteiger partial charge is 0.307 e. The molecule has 4 rings (SSSR count). The fraction of sp³-hybridized carbons (Fsp3) is 0.844. The molecule has 0 saturated heterocycles. The monoisotopic (exact) mass is 500 g/mol. The highest BCUT2D eigenvalue weighted by Gasteiger charge is 2.61. The molecule has 204 valence electrons. The van der Waals surface area contributed by atoms with Crippen LogP contribution in [0.4, 0.5) is 0 Å². The van der Waals surface area contributed by atoms with Crippen LogP contribution in [0.15, 0.2) is 23.0 Å². The summed E-state index contributed by atoms with van der Waals surface area (Å²) < 4.78 is 5.22. The van der Waals surface area contributed by atoms with Gasteiger partial charge >= 0.3 is 5.97 Å². The molecule has 2 N–H and O–H groups in total. The highest BCUT2D eigenvalue weighted by Crippen LogP contribution is 2.68. The van der Waals surface area contributed by atoms with Crippen molar-refractivity contribution in [3.63, 3.8) is 0 Å². The third-order valence-electron chi connectivity index (χ3n) is 11.6. The molecular weight excluding hydrogens is 448 g/mol. The van der Waals surface area contributed by atoms with Crippen LogP contribution >= 0.6 is 0 Å². The van der Waals surface area contributed by atoms with Crippen molar-refractivity contribution in [1.29, 1.82) is 0 Å². The average Bonchev–Trinajstić information content (AvgIpc) is 3.12. The standard InChI is InChI=1S/C32H52O4/c1-19(2)22(18-36-21(4)33)10-9-20(3)24-12-13-25-23-11-14-27-30(5,6)28(35)15-16-31(27,7)29(23)26(34)17-32(24,25)8/h18-20,24-28,34-35H,9-17H2,1-8H3/t20-,24-,25+,26+,27?,28+,31+,32-/m1/s1. The fourth-order valence-electron chi connectivity index (χ4n) is 9.63. The molecule has 2 fully saturated rings. The van der Waals surface area contributed by atoms with Gasteiger partial charge in [0.1, 0.15) is 0 Å². The molecule has 1 unspecified atom stereocenters. The summed E-state index contributed by atoms with van der Waals surface area (Å²) in [5.41, 5.74) is 4.22. The number of carbonyl (C=O) groups excluding carboxylic acids is 1. The molecule has 0 spiro atoms. The minimum Gasteiger partial charge on any atom is -0.435 e. The number of carbonyl (C=O) groups is 1. The molecule has 36 heavy (non-hydrogen) atoms. The summed E-state index contributed by atoms with van der Waals surface area (Å²) in [6, 6.07) is 0. The lowest BCUT2D eigenvalue weighted by atomic mass is 9.45. The number of hydrogen-bond donors (Lipinski definition) is 2. The third-order valence-corrected chi connectivity index (χ3v) is 11.6. The highest BCUT2D eigenvalue weighted by molar-refractivity contribution is 5.66. The number of allylic oxidation sites excluding steroid dienone is 2. The first-order chi connectivity index (χ1) is 16.7. The Hall–Kier alpha value is -1.13. The predicted octanol–water partition coefficient (Wildman–Crippen LogP) is 7.20. The lowest BCUT2D eigenvalue weighted by molar-refractivity contribution is -0.135. The maximum Gasteiger partial charge on any atom is 0.307 e. The molecule has 0 amide bonds. The molecule has 2 saturated carbocycles. The van der Waals surface area contributed by atoms with Gasteiger partial charge in [0, 0.05) is 6.92 Å². The summed E-state index contributed by atoms with van der Waals surface area (Å²) >= 11 is 0. The van der Waals surface area contributed by atoms with Gasteiger partial charge in [0.15, 0.2) is 0 Å². The third kappa shape index (κ3) is 4.53. The van der Waals surface area contributed by atoms with Crippen LogP contribution in [0.5, 0.6) is 0 Å². The van der Waals surface area contributed by atoms with E-state index in [1.54, 1.807) is 11.8 Å². The van der Waals surface area contributed by atoms with Crippen LogP contribution in [-0.4, -0.2) is 28.4 Å². The van der Waals surface area contributed by atoms with Crippen LogP contribution in [0.25, 0.3) is 0 Å². The van der Waals surface area contributed by atoms with Gasteiger partial charge in [-0.25, -0.2) is 0 Å².